The normalized spacial score (nSPS) is 18.2. The Hall–Kier alpha value is -2.60. The summed E-state index contributed by atoms with van der Waals surface area (Å²) in [6.45, 7) is 9.05. The van der Waals surface area contributed by atoms with Gasteiger partial charge >= 0.3 is 0 Å². The number of carbonyl (C=O) groups is 1. The van der Waals surface area contributed by atoms with Gasteiger partial charge in [-0.25, -0.2) is 4.39 Å². The molecule has 1 saturated heterocycles. The lowest BCUT2D eigenvalue weighted by molar-refractivity contribution is -0.116. The summed E-state index contributed by atoms with van der Waals surface area (Å²) in [4.78, 5) is 17.5. The summed E-state index contributed by atoms with van der Waals surface area (Å²) in [5.41, 5.74) is 3.11. The van der Waals surface area contributed by atoms with E-state index in [1.807, 2.05) is 19.1 Å². The fraction of sp³-hybridized carbons (Fsp3) is 0.458. The van der Waals surface area contributed by atoms with Crippen LogP contribution in [-0.2, 0) is 4.79 Å². The van der Waals surface area contributed by atoms with Gasteiger partial charge in [0.1, 0.15) is 11.9 Å². The molecule has 2 N–H and O–H groups in total. The Morgan fingerprint density at radius 3 is 2.57 bits per heavy atom. The van der Waals surface area contributed by atoms with Crippen molar-refractivity contribution in [3.63, 3.8) is 0 Å². The molecule has 0 aromatic heterocycles. The molecule has 1 saturated carbocycles. The number of amides is 1. The number of carbonyl (C=O) groups excluding carboxylic acids is 1. The van der Waals surface area contributed by atoms with Crippen LogP contribution in [0.1, 0.15) is 25.3 Å². The number of hydrogen-bond acceptors (Lipinski definition) is 4. The van der Waals surface area contributed by atoms with Crippen LogP contribution in [0.15, 0.2) is 42.5 Å². The molecule has 2 aliphatic rings. The van der Waals surface area contributed by atoms with E-state index in [-0.39, 0.29) is 11.7 Å². The minimum Gasteiger partial charge on any atom is -0.374 e. The van der Waals surface area contributed by atoms with Crippen molar-refractivity contribution in [2.24, 2.45) is 5.92 Å². The first kappa shape index (κ1) is 20.7. The predicted molar refractivity (Wildman–Crippen MR) is 121 cm³/mol. The average Bonchev–Trinajstić information content (AvgIpc) is 3.55. The van der Waals surface area contributed by atoms with Crippen LogP contribution >= 0.6 is 0 Å². The zero-order valence-corrected chi connectivity index (χ0v) is 17.8. The highest BCUT2D eigenvalue weighted by molar-refractivity contribution is 5.96. The number of benzene rings is 2. The fourth-order valence-electron chi connectivity index (χ4n) is 3.88. The Morgan fingerprint density at radius 2 is 1.87 bits per heavy atom. The van der Waals surface area contributed by atoms with Gasteiger partial charge in [-0.15, -0.1) is 0 Å². The molecular weight excluding hydrogens is 379 g/mol. The van der Waals surface area contributed by atoms with E-state index in [1.54, 1.807) is 19.1 Å². The number of rotatable bonds is 7. The predicted octanol–water partition coefficient (Wildman–Crippen LogP) is 4.11. The van der Waals surface area contributed by atoms with Crippen LogP contribution < -0.4 is 15.5 Å². The van der Waals surface area contributed by atoms with Gasteiger partial charge in [0.05, 0.1) is 0 Å². The lowest BCUT2D eigenvalue weighted by Gasteiger charge is -2.36. The van der Waals surface area contributed by atoms with Crippen molar-refractivity contribution in [1.82, 2.24) is 4.90 Å². The molecule has 0 radical (unpaired) electrons. The third kappa shape index (κ3) is 5.30. The fourth-order valence-corrected chi connectivity index (χ4v) is 3.88. The van der Waals surface area contributed by atoms with Crippen molar-refractivity contribution in [3.05, 3.63) is 53.8 Å². The molecule has 1 unspecified atom stereocenters. The van der Waals surface area contributed by atoms with E-state index in [4.69, 9.17) is 0 Å². The second-order valence-corrected chi connectivity index (χ2v) is 8.60. The Labute approximate surface area is 178 Å². The van der Waals surface area contributed by atoms with Gasteiger partial charge in [0.15, 0.2) is 0 Å². The van der Waals surface area contributed by atoms with Gasteiger partial charge in [-0.3, -0.25) is 9.69 Å². The number of piperazine rings is 1. The first-order valence-corrected chi connectivity index (χ1v) is 10.9. The zero-order valence-electron chi connectivity index (χ0n) is 17.8. The van der Waals surface area contributed by atoms with Crippen LogP contribution in [0.25, 0.3) is 0 Å². The van der Waals surface area contributed by atoms with Gasteiger partial charge in [0.2, 0.25) is 5.91 Å². The van der Waals surface area contributed by atoms with Crippen molar-refractivity contribution < 1.29 is 9.18 Å². The number of anilines is 3. The molecule has 4 rings (SSSR count). The van der Waals surface area contributed by atoms with Crippen molar-refractivity contribution in [1.29, 1.82) is 0 Å². The maximum atomic E-state index is 13.7. The van der Waals surface area contributed by atoms with E-state index in [0.717, 1.165) is 37.8 Å². The Balaban J connectivity index is 1.31. The molecule has 1 aliphatic carbocycles. The standard InChI is InChI=1S/C24H31FN4O/c1-17-6-9-21(15-23(17)25)27-24(30)18(2)26-20-4-3-5-22(14-20)29-12-10-28(11-13-29)16-19-7-8-19/h3-6,9,14-15,18-19,26H,7-8,10-13,16H2,1-2H3,(H,27,30). The molecule has 2 fully saturated rings. The summed E-state index contributed by atoms with van der Waals surface area (Å²) in [5.74, 6) is 0.420. The molecule has 30 heavy (non-hydrogen) atoms. The van der Waals surface area contributed by atoms with Crippen LogP contribution in [0.4, 0.5) is 21.5 Å². The Kier molecular flexibility index (Phi) is 6.23. The molecular formula is C24H31FN4O. The maximum Gasteiger partial charge on any atom is 0.246 e. The average molecular weight is 411 g/mol. The molecule has 0 spiro atoms. The van der Waals surface area contributed by atoms with Gasteiger partial charge in [-0.1, -0.05) is 12.1 Å². The van der Waals surface area contributed by atoms with E-state index in [2.05, 4.69) is 32.6 Å². The van der Waals surface area contributed by atoms with Crippen LogP contribution in [0.2, 0.25) is 0 Å². The van der Waals surface area contributed by atoms with E-state index >= 15 is 0 Å². The summed E-state index contributed by atoms with van der Waals surface area (Å²) >= 11 is 0. The highest BCUT2D eigenvalue weighted by Gasteiger charge is 2.26. The topological polar surface area (TPSA) is 47.6 Å². The van der Waals surface area contributed by atoms with E-state index in [1.165, 1.54) is 31.1 Å². The highest BCUT2D eigenvalue weighted by Crippen LogP contribution is 2.30. The van der Waals surface area contributed by atoms with Gasteiger partial charge in [-0.2, -0.15) is 0 Å². The highest BCUT2D eigenvalue weighted by atomic mass is 19.1. The third-order valence-electron chi connectivity index (χ3n) is 6.01. The second kappa shape index (κ2) is 9.04. The van der Waals surface area contributed by atoms with E-state index in [9.17, 15) is 9.18 Å². The number of halogens is 1. The van der Waals surface area contributed by atoms with Crippen molar-refractivity contribution in [3.8, 4) is 0 Å². The molecule has 2 aromatic carbocycles. The van der Waals surface area contributed by atoms with Gasteiger partial charge in [0, 0.05) is 49.8 Å². The minimum atomic E-state index is -0.444. The quantitative estimate of drug-likeness (QED) is 0.721. The van der Waals surface area contributed by atoms with Crippen LogP contribution in [0.5, 0.6) is 0 Å². The van der Waals surface area contributed by atoms with Crippen molar-refractivity contribution in [2.75, 3.05) is 48.3 Å². The Bertz CT molecular complexity index is 891. The zero-order chi connectivity index (χ0) is 21.1. The van der Waals surface area contributed by atoms with Gasteiger partial charge in [-0.05, 0) is 68.5 Å². The SMILES string of the molecule is Cc1ccc(NC(=O)C(C)Nc2cccc(N3CCN(CC4CC4)CC3)c2)cc1F. The first-order chi connectivity index (χ1) is 14.5. The lowest BCUT2D eigenvalue weighted by Crippen LogP contribution is -2.47. The minimum absolute atomic E-state index is 0.197. The maximum absolute atomic E-state index is 13.7. The van der Waals surface area contributed by atoms with E-state index < -0.39 is 6.04 Å². The van der Waals surface area contributed by atoms with Crippen LogP contribution in [0, 0.1) is 18.7 Å². The van der Waals surface area contributed by atoms with Crippen molar-refractivity contribution >= 4 is 23.0 Å². The summed E-state index contributed by atoms with van der Waals surface area (Å²) in [5, 5.41) is 6.04. The van der Waals surface area contributed by atoms with Crippen LogP contribution in [0.3, 0.4) is 0 Å². The number of hydrogen-bond donors (Lipinski definition) is 2. The summed E-state index contributed by atoms with van der Waals surface area (Å²) in [7, 11) is 0. The monoisotopic (exact) mass is 410 g/mol. The molecule has 1 amide bonds. The molecule has 6 heteroatoms. The largest absolute Gasteiger partial charge is 0.374 e. The summed E-state index contributed by atoms with van der Waals surface area (Å²) in [6, 6.07) is 12.5. The van der Waals surface area contributed by atoms with Crippen LogP contribution in [-0.4, -0.2) is 49.6 Å². The molecule has 5 nitrogen and oxygen atoms in total. The molecule has 2 aromatic rings. The Morgan fingerprint density at radius 1 is 1.10 bits per heavy atom. The number of nitrogens with zero attached hydrogens (tertiary/aromatic N) is 2. The molecule has 1 heterocycles. The third-order valence-corrected chi connectivity index (χ3v) is 6.01. The smallest absolute Gasteiger partial charge is 0.246 e. The summed E-state index contributed by atoms with van der Waals surface area (Å²) < 4.78 is 13.7. The second-order valence-electron chi connectivity index (χ2n) is 8.60. The first-order valence-electron chi connectivity index (χ1n) is 10.9. The van der Waals surface area contributed by atoms with Gasteiger partial charge in [0.25, 0.3) is 0 Å². The number of aryl methyl sites for hydroxylation is 1. The van der Waals surface area contributed by atoms with Gasteiger partial charge < -0.3 is 15.5 Å². The molecule has 0 bridgehead atoms. The molecule has 160 valence electrons. The number of nitrogens with one attached hydrogen (secondary N) is 2. The lowest BCUT2D eigenvalue weighted by atomic mass is 10.2. The molecule has 1 aliphatic heterocycles. The summed E-state index contributed by atoms with van der Waals surface area (Å²) in [6.07, 6.45) is 2.80. The van der Waals surface area contributed by atoms with Crippen molar-refractivity contribution in [2.45, 2.75) is 32.7 Å². The van der Waals surface area contributed by atoms with E-state index in [0.29, 0.717) is 11.3 Å². The molecule has 1 atom stereocenters.